The summed E-state index contributed by atoms with van der Waals surface area (Å²) < 4.78 is 11.2. The topological polar surface area (TPSA) is 68.5 Å². The number of aryl methyl sites for hydroxylation is 1. The Morgan fingerprint density at radius 1 is 1.07 bits per heavy atom. The van der Waals surface area contributed by atoms with Gasteiger partial charge in [0.25, 0.3) is 0 Å². The average molecular weight is 422 g/mol. The van der Waals surface area contributed by atoms with E-state index in [2.05, 4.69) is 41.8 Å². The van der Waals surface area contributed by atoms with Crippen LogP contribution in [0.25, 0.3) is 0 Å². The summed E-state index contributed by atoms with van der Waals surface area (Å²) in [5, 5.41) is 7.40. The molecule has 5 nitrogen and oxygen atoms in total. The summed E-state index contributed by atoms with van der Waals surface area (Å²) in [6.07, 6.45) is 2.04. The summed E-state index contributed by atoms with van der Waals surface area (Å²) in [4.78, 5) is 0. The van der Waals surface area contributed by atoms with Crippen molar-refractivity contribution >= 4 is 11.6 Å². The van der Waals surface area contributed by atoms with Crippen molar-refractivity contribution in [2.45, 2.75) is 39.3 Å². The molecule has 0 fully saturated rings. The van der Waals surface area contributed by atoms with Crippen LogP contribution in [0.15, 0.2) is 42.5 Å². The molecule has 0 amide bonds. The van der Waals surface area contributed by atoms with E-state index in [1.165, 1.54) is 11.1 Å². The third-order valence-corrected chi connectivity index (χ3v) is 4.52. The number of hydrogen-bond acceptors (Lipinski definition) is 5. The van der Waals surface area contributed by atoms with Crippen molar-refractivity contribution in [2.24, 2.45) is 5.73 Å². The van der Waals surface area contributed by atoms with E-state index in [0.29, 0.717) is 12.6 Å². The SMILES string of the molecule is CCN.CNCCOc1ccc(CCC(C)NCc2ccc(Cl)cc2)cc1OC. The Labute approximate surface area is 180 Å². The van der Waals surface area contributed by atoms with E-state index < -0.39 is 0 Å². The van der Waals surface area contributed by atoms with Crippen LogP contribution < -0.4 is 25.8 Å². The number of benzene rings is 2. The molecule has 2 aromatic rings. The van der Waals surface area contributed by atoms with Gasteiger partial charge in [0.2, 0.25) is 0 Å². The second-order valence-corrected chi connectivity index (χ2v) is 7.23. The molecule has 29 heavy (non-hydrogen) atoms. The van der Waals surface area contributed by atoms with E-state index in [1.54, 1.807) is 7.11 Å². The minimum absolute atomic E-state index is 0.420. The molecule has 0 aliphatic heterocycles. The maximum absolute atomic E-state index is 5.92. The lowest BCUT2D eigenvalue weighted by atomic mass is 10.1. The highest BCUT2D eigenvalue weighted by atomic mass is 35.5. The minimum atomic E-state index is 0.420. The molecule has 0 aliphatic rings. The van der Waals surface area contributed by atoms with Crippen molar-refractivity contribution in [3.05, 3.63) is 58.6 Å². The highest BCUT2D eigenvalue weighted by Crippen LogP contribution is 2.28. The first-order valence-electron chi connectivity index (χ1n) is 10.2. The Bertz CT molecular complexity index is 680. The number of halogens is 1. The Morgan fingerprint density at radius 2 is 1.72 bits per heavy atom. The van der Waals surface area contributed by atoms with Crippen molar-refractivity contribution in [3.8, 4) is 11.5 Å². The molecule has 0 saturated heterocycles. The summed E-state index contributed by atoms with van der Waals surface area (Å²) in [6.45, 7) is 7.14. The Balaban J connectivity index is 0.00000132. The Kier molecular flexibility index (Phi) is 13.1. The second kappa shape index (κ2) is 15.1. The van der Waals surface area contributed by atoms with Gasteiger partial charge in [-0.25, -0.2) is 0 Å². The number of methoxy groups -OCH3 is 1. The molecular weight excluding hydrogens is 386 g/mol. The van der Waals surface area contributed by atoms with Crippen LogP contribution in [0, 0.1) is 0 Å². The normalized spacial score (nSPS) is 11.4. The lowest BCUT2D eigenvalue weighted by Crippen LogP contribution is -2.25. The van der Waals surface area contributed by atoms with Gasteiger partial charge in [-0.2, -0.15) is 0 Å². The first kappa shape index (κ1) is 25.2. The van der Waals surface area contributed by atoms with Gasteiger partial charge in [0.05, 0.1) is 7.11 Å². The quantitative estimate of drug-likeness (QED) is 0.478. The number of likely N-dealkylation sites (N-methyl/N-ethyl adjacent to an activating group) is 1. The zero-order valence-electron chi connectivity index (χ0n) is 18.1. The molecule has 0 spiro atoms. The first-order chi connectivity index (χ1) is 14.0. The number of nitrogens with one attached hydrogen (secondary N) is 2. The molecular formula is C23H36ClN3O2. The lowest BCUT2D eigenvalue weighted by Gasteiger charge is -2.15. The molecule has 0 aromatic heterocycles. The molecule has 4 N–H and O–H groups in total. The molecule has 0 radical (unpaired) electrons. The molecule has 2 aromatic carbocycles. The van der Waals surface area contributed by atoms with Crippen LogP contribution in [0.3, 0.4) is 0 Å². The fraction of sp³-hybridized carbons (Fsp3) is 0.478. The third kappa shape index (κ3) is 10.5. The van der Waals surface area contributed by atoms with Gasteiger partial charge in [-0.1, -0.05) is 36.7 Å². The van der Waals surface area contributed by atoms with Gasteiger partial charge >= 0.3 is 0 Å². The van der Waals surface area contributed by atoms with Crippen LogP contribution in [0.4, 0.5) is 0 Å². The highest BCUT2D eigenvalue weighted by Gasteiger charge is 2.08. The van der Waals surface area contributed by atoms with Crippen molar-refractivity contribution in [2.75, 3.05) is 33.9 Å². The Morgan fingerprint density at radius 3 is 2.34 bits per heavy atom. The summed E-state index contributed by atoms with van der Waals surface area (Å²) >= 11 is 5.92. The molecule has 0 bridgehead atoms. The van der Waals surface area contributed by atoms with Crippen molar-refractivity contribution in [1.82, 2.24) is 10.6 Å². The molecule has 1 atom stereocenters. The summed E-state index contributed by atoms with van der Waals surface area (Å²) in [5.74, 6) is 1.58. The predicted octanol–water partition coefficient (Wildman–Crippen LogP) is 4.02. The van der Waals surface area contributed by atoms with Crippen LogP contribution in [0.1, 0.15) is 31.4 Å². The van der Waals surface area contributed by atoms with E-state index in [0.717, 1.165) is 49.0 Å². The highest BCUT2D eigenvalue weighted by molar-refractivity contribution is 6.30. The fourth-order valence-electron chi connectivity index (χ4n) is 2.63. The summed E-state index contributed by atoms with van der Waals surface area (Å²) in [7, 11) is 3.59. The predicted molar refractivity (Wildman–Crippen MR) is 123 cm³/mol. The molecule has 0 saturated carbocycles. The lowest BCUT2D eigenvalue weighted by molar-refractivity contribution is 0.295. The van der Waals surface area contributed by atoms with E-state index in [9.17, 15) is 0 Å². The van der Waals surface area contributed by atoms with Crippen LogP contribution in [0.2, 0.25) is 5.02 Å². The minimum Gasteiger partial charge on any atom is -0.493 e. The van der Waals surface area contributed by atoms with Gasteiger partial charge in [0.1, 0.15) is 6.61 Å². The van der Waals surface area contributed by atoms with Crippen LogP contribution in [0.5, 0.6) is 11.5 Å². The van der Waals surface area contributed by atoms with Crippen LogP contribution >= 0.6 is 11.6 Å². The number of ether oxygens (including phenoxy) is 2. The summed E-state index contributed by atoms with van der Waals surface area (Å²) in [6, 6.07) is 14.6. The van der Waals surface area contributed by atoms with Gasteiger partial charge in [0.15, 0.2) is 11.5 Å². The second-order valence-electron chi connectivity index (χ2n) is 6.79. The molecule has 162 valence electrons. The number of rotatable bonds is 11. The van der Waals surface area contributed by atoms with Crippen molar-refractivity contribution in [3.63, 3.8) is 0 Å². The average Bonchev–Trinajstić information content (AvgIpc) is 2.73. The zero-order valence-corrected chi connectivity index (χ0v) is 18.9. The van der Waals surface area contributed by atoms with E-state index in [4.69, 9.17) is 26.8 Å². The Hall–Kier alpha value is -1.79. The fourth-order valence-corrected chi connectivity index (χ4v) is 2.76. The molecule has 2 rings (SSSR count). The van der Waals surface area contributed by atoms with E-state index >= 15 is 0 Å². The van der Waals surface area contributed by atoms with Gasteiger partial charge in [-0.05, 0) is 68.8 Å². The van der Waals surface area contributed by atoms with Gasteiger partial charge < -0.3 is 25.8 Å². The third-order valence-electron chi connectivity index (χ3n) is 4.27. The van der Waals surface area contributed by atoms with Crippen molar-refractivity contribution in [1.29, 1.82) is 0 Å². The zero-order chi connectivity index (χ0) is 21.5. The maximum Gasteiger partial charge on any atom is 0.161 e. The van der Waals surface area contributed by atoms with Crippen LogP contribution in [-0.2, 0) is 13.0 Å². The molecule has 0 aliphatic carbocycles. The monoisotopic (exact) mass is 421 g/mol. The smallest absolute Gasteiger partial charge is 0.161 e. The molecule has 1 unspecified atom stereocenters. The molecule has 0 heterocycles. The van der Waals surface area contributed by atoms with Gasteiger partial charge in [-0.15, -0.1) is 0 Å². The van der Waals surface area contributed by atoms with Gasteiger partial charge in [-0.3, -0.25) is 0 Å². The van der Waals surface area contributed by atoms with E-state index in [-0.39, 0.29) is 0 Å². The largest absolute Gasteiger partial charge is 0.493 e. The standard InChI is InChI=1S/C21H29ClN2O2.C2H7N/c1-16(24-15-18-6-9-19(22)10-7-18)4-5-17-8-11-20(21(14-17)25-3)26-13-12-23-2;1-2-3/h6-11,14,16,23-24H,4-5,12-13,15H2,1-3H3;2-3H2,1H3. The summed E-state index contributed by atoms with van der Waals surface area (Å²) in [5.41, 5.74) is 7.34. The first-order valence-corrected chi connectivity index (χ1v) is 10.5. The van der Waals surface area contributed by atoms with Gasteiger partial charge in [0, 0.05) is 24.2 Å². The number of hydrogen-bond donors (Lipinski definition) is 3. The van der Waals surface area contributed by atoms with Crippen molar-refractivity contribution < 1.29 is 9.47 Å². The van der Waals surface area contributed by atoms with E-state index in [1.807, 2.05) is 32.2 Å². The van der Waals surface area contributed by atoms with Crippen LogP contribution in [-0.4, -0.2) is 39.9 Å². The molecule has 6 heteroatoms. The number of nitrogens with two attached hydrogens (primary N) is 1. The maximum atomic E-state index is 5.92.